The summed E-state index contributed by atoms with van der Waals surface area (Å²) in [6.45, 7) is 0. The maximum absolute atomic E-state index is 5.67. The average molecular weight is 684 g/mol. The second kappa shape index (κ2) is 10.2. The summed E-state index contributed by atoms with van der Waals surface area (Å²) >= 11 is 3.62. The molecule has 8 aromatic carbocycles. The molecule has 0 fully saturated rings. The smallest absolute Gasteiger partial charge is 0.165 e. The number of para-hydroxylation sites is 1. The fourth-order valence-electron chi connectivity index (χ4n) is 8.33. The minimum absolute atomic E-state index is 0.853. The molecule has 12 rings (SSSR count). The third-order valence-electron chi connectivity index (χ3n) is 10.6. The van der Waals surface area contributed by atoms with Gasteiger partial charge in [-0.05, 0) is 50.5 Å². The monoisotopic (exact) mass is 683 g/mol. The van der Waals surface area contributed by atoms with Crippen molar-refractivity contribution in [3.05, 3.63) is 152 Å². The highest BCUT2D eigenvalue weighted by Gasteiger charge is 2.26. The highest BCUT2D eigenvalue weighted by atomic mass is 32.1. The highest BCUT2D eigenvalue weighted by molar-refractivity contribution is 7.27. The van der Waals surface area contributed by atoms with Crippen LogP contribution in [0.4, 0.5) is 0 Å². The van der Waals surface area contributed by atoms with Crippen LogP contribution in [-0.2, 0) is 0 Å². The van der Waals surface area contributed by atoms with Gasteiger partial charge in [0, 0.05) is 41.9 Å². The Labute approximate surface area is 299 Å². The van der Waals surface area contributed by atoms with Crippen molar-refractivity contribution in [2.45, 2.75) is 0 Å². The van der Waals surface area contributed by atoms with Gasteiger partial charge in [0.05, 0.1) is 15.7 Å². The molecule has 0 aliphatic rings. The largest absolute Gasteiger partial charge is 0.290 e. The first-order chi connectivity index (χ1) is 25.3. The van der Waals surface area contributed by atoms with Crippen LogP contribution >= 0.6 is 22.7 Å². The van der Waals surface area contributed by atoms with Crippen LogP contribution in [0, 0.1) is 0 Å². The molecule has 3 nitrogen and oxygen atoms in total. The van der Waals surface area contributed by atoms with Gasteiger partial charge in [-0.1, -0.05) is 133 Å². The van der Waals surface area contributed by atoms with Crippen LogP contribution in [0.3, 0.4) is 0 Å². The first kappa shape index (κ1) is 27.7. The van der Waals surface area contributed by atoms with Crippen molar-refractivity contribution < 1.29 is 0 Å². The Morgan fingerprint density at radius 2 is 1.12 bits per heavy atom. The summed E-state index contributed by atoms with van der Waals surface area (Å²) in [5.74, 6) is 0.853. The summed E-state index contributed by atoms with van der Waals surface area (Å²) in [4.78, 5) is 12.1. The molecule has 51 heavy (non-hydrogen) atoms. The van der Waals surface area contributed by atoms with E-state index in [-0.39, 0.29) is 0 Å². The number of rotatable bonds is 2. The van der Waals surface area contributed by atoms with E-state index in [1.54, 1.807) is 11.3 Å². The van der Waals surface area contributed by atoms with E-state index in [4.69, 9.17) is 9.97 Å². The van der Waals surface area contributed by atoms with Crippen LogP contribution in [0.5, 0.6) is 0 Å². The van der Waals surface area contributed by atoms with Gasteiger partial charge < -0.3 is 0 Å². The Kier molecular flexibility index (Phi) is 5.53. The molecule has 5 heteroatoms. The lowest BCUT2D eigenvalue weighted by Gasteiger charge is -2.14. The maximum atomic E-state index is 5.67. The first-order valence-corrected chi connectivity index (χ1v) is 18.8. The lowest BCUT2D eigenvalue weighted by Crippen LogP contribution is -2.03. The second-order valence-corrected chi connectivity index (χ2v) is 15.4. The summed E-state index contributed by atoms with van der Waals surface area (Å²) < 4.78 is 6.21. The van der Waals surface area contributed by atoms with Crippen LogP contribution in [0.1, 0.15) is 0 Å². The quantitative estimate of drug-likeness (QED) is 0.182. The van der Waals surface area contributed by atoms with Crippen molar-refractivity contribution in [1.82, 2.24) is 14.5 Å². The zero-order chi connectivity index (χ0) is 33.2. The Bertz CT molecular complexity index is 3440. The molecule has 0 saturated carbocycles. The van der Waals surface area contributed by atoms with Gasteiger partial charge in [-0.2, -0.15) is 0 Å². The van der Waals surface area contributed by atoms with E-state index < -0.39 is 0 Å². The van der Waals surface area contributed by atoms with Gasteiger partial charge >= 0.3 is 0 Å². The molecule has 0 aliphatic carbocycles. The van der Waals surface area contributed by atoms with Crippen molar-refractivity contribution >= 4 is 117 Å². The molecular formula is C46H25N3S2. The number of benzene rings is 8. The molecule has 0 saturated heterocycles. The Morgan fingerprint density at radius 3 is 1.98 bits per heavy atom. The molecule has 4 heterocycles. The van der Waals surface area contributed by atoms with Gasteiger partial charge in [-0.25, -0.2) is 9.97 Å². The average Bonchev–Trinajstić information content (AvgIpc) is 3.87. The third-order valence-corrected chi connectivity index (χ3v) is 12.9. The molecular weight excluding hydrogens is 659 g/mol. The summed E-state index contributed by atoms with van der Waals surface area (Å²) in [6.07, 6.45) is 0. The zero-order valence-electron chi connectivity index (χ0n) is 27.1. The fraction of sp³-hybridized carbons (Fsp3) is 0. The summed E-state index contributed by atoms with van der Waals surface area (Å²) in [5, 5.41) is 13.7. The lowest BCUT2D eigenvalue weighted by molar-refractivity contribution is 1.09. The van der Waals surface area contributed by atoms with E-state index in [2.05, 4.69) is 156 Å². The molecule has 0 aliphatic heterocycles. The Hall–Kier alpha value is -6.14. The first-order valence-electron chi connectivity index (χ1n) is 17.2. The molecule has 0 N–H and O–H groups in total. The van der Waals surface area contributed by atoms with Gasteiger partial charge in [0.25, 0.3) is 0 Å². The van der Waals surface area contributed by atoms with E-state index >= 15 is 0 Å². The van der Waals surface area contributed by atoms with Gasteiger partial charge in [0.1, 0.15) is 16.0 Å². The molecule has 0 radical (unpaired) electrons. The van der Waals surface area contributed by atoms with Crippen molar-refractivity contribution in [3.63, 3.8) is 0 Å². The summed E-state index contributed by atoms with van der Waals surface area (Å²) in [5.41, 5.74) is 5.20. The number of thiophene rings is 2. The SMILES string of the molecule is c1ccc2cc(-c3nc4sc5ccccc5c4nc3-n3c4ccccc4c4c5ccccc5c5c6ccc7ccccc7c6sc5c43)ccc2c1. The van der Waals surface area contributed by atoms with Crippen molar-refractivity contribution in [2.24, 2.45) is 0 Å². The minimum atomic E-state index is 0.853. The fourth-order valence-corrected chi connectivity index (χ4v) is 10.7. The van der Waals surface area contributed by atoms with E-state index in [1.807, 2.05) is 11.3 Å². The van der Waals surface area contributed by atoms with Crippen LogP contribution < -0.4 is 0 Å². The molecule has 0 bridgehead atoms. The molecule has 236 valence electrons. The van der Waals surface area contributed by atoms with E-state index in [0.717, 1.165) is 38.3 Å². The van der Waals surface area contributed by atoms with Gasteiger partial charge in [-0.3, -0.25) is 4.57 Å². The van der Waals surface area contributed by atoms with Crippen molar-refractivity contribution in [2.75, 3.05) is 0 Å². The second-order valence-electron chi connectivity index (χ2n) is 13.3. The standard InChI is InChI=1S/C46H25N3S2/c1-2-13-28-25-29(22-21-26(28)11-1)40-45(47-41-34-18-8-10-20-37(34)50-46(41)48-40)49-36-19-9-7-17-33(36)38-31-15-5-6-16-32(31)39-35-24-23-27-12-3-4-14-30(27)43(35)51-44(39)42(38)49/h1-25H. The number of hydrogen-bond donors (Lipinski definition) is 0. The molecule has 0 atom stereocenters. The van der Waals surface area contributed by atoms with Crippen LogP contribution in [0.25, 0.3) is 112 Å². The van der Waals surface area contributed by atoms with Crippen LogP contribution in [0.2, 0.25) is 0 Å². The van der Waals surface area contributed by atoms with Crippen LogP contribution in [0.15, 0.2) is 152 Å². The molecule has 0 spiro atoms. The number of aromatic nitrogens is 3. The van der Waals surface area contributed by atoms with E-state index in [1.165, 1.54) is 73.5 Å². The van der Waals surface area contributed by atoms with Crippen molar-refractivity contribution in [1.29, 1.82) is 0 Å². The topological polar surface area (TPSA) is 30.7 Å². The zero-order valence-corrected chi connectivity index (χ0v) is 28.7. The Balaban J connectivity index is 1.33. The molecule has 0 amide bonds. The minimum Gasteiger partial charge on any atom is -0.290 e. The van der Waals surface area contributed by atoms with Gasteiger partial charge in [-0.15, -0.1) is 22.7 Å². The van der Waals surface area contributed by atoms with Crippen LogP contribution in [-0.4, -0.2) is 14.5 Å². The molecule has 4 aromatic heterocycles. The third kappa shape index (κ3) is 3.77. The van der Waals surface area contributed by atoms with Gasteiger partial charge in [0.2, 0.25) is 0 Å². The number of nitrogens with zero attached hydrogens (tertiary/aromatic N) is 3. The Morgan fingerprint density at radius 1 is 0.451 bits per heavy atom. The van der Waals surface area contributed by atoms with E-state index in [9.17, 15) is 0 Å². The maximum Gasteiger partial charge on any atom is 0.165 e. The summed E-state index contributed by atoms with van der Waals surface area (Å²) in [7, 11) is 0. The highest BCUT2D eigenvalue weighted by Crippen LogP contribution is 2.50. The number of fused-ring (bicyclic) bond motifs is 16. The molecule has 12 aromatic rings. The normalized spacial score (nSPS) is 12.3. The van der Waals surface area contributed by atoms with Crippen molar-refractivity contribution in [3.8, 4) is 17.1 Å². The molecule has 0 unspecified atom stereocenters. The summed E-state index contributed by atoms with van der Waals surface area (Å²) in [6, 6.07) is 54.9. The predicted octanol–water partition coefficient (Wildman–Crippen LogP) is 13.4. The predicted molar refractivity (Wildman–Crippen MR) is 220 cm³/mol. The number of hydrogen-bond acceptors (Lipinski definition) is 4. The lowest BCUT2D eigenvalue weighted by atomic mass is 9.98. The van der Waals surface area contributed by atoms with Gasteiger partial charge in [0.15, 0.2) is 5.82 Å². The van der Waals surface area contributed by atoms with E-state index in [0.29, 0.717) is 0 Å².